The Bertz CT molecular complexity index is 1150. The minimum absolute atomic E-state index is 0.135. The molecule has 8 heteroatoms. The highest BCUT2D eigenvalue weighted by Crippen LogP contribution is 2.24. The number of carbonyl (C=O) groups excluding carboxylic acids is 3. The fourth-order valence-electron chi connectivity index (χ4n) is 2.99. The van der Waals surface area contributed by atoms with Crippen LogP contribution in [0.4, 0.5) is 11.4 Å². The number of hydrogen-bond donors (Lipinski definition) is 2. The van der Waals surface area contributed by atoms with Crippen molar-refractivity contribution in [3.63, 3.8) is 0 Å². The smallest absolute Gasteiger partial charge is 0.338 e. The molecule has 34 heavy (non-hydrogen) atoms. The molecule has 0 saturated heterocycles. The average molecular weight is 479 g/mol. The van der Waals surface area contributed by atoms with Crippen LogP contribution in [-0.4, -0.2) is 37.3 Å². The summed E-state index contributed by atoms with van der Waals surface area (Å²) in [7, 11) is 1.56. The highest BCUT2D eigenvalue weighted by atomic mass is 32.2. The number of ether oxygens (including phenoxy) is 2. The fraction of sp³-hybridized carbons (Fsp3) is 0.192. The standard InChI is InChI=1S/C26H26N2O5S/c1-3-15-33-26(31)18-11-13-19(14-12-18)28-25(30)22-9-4-5-10-23(22)34-17-24(29)27-20-7-6-8-21(16-20)32-2/h4-14,16H,3,15,17H2,1-2H3,(H,27,29)(H,28,30). The molecule has 3 aromatic carbocycles. The molecule has 2 amide bonds. The monoisotopic (exact) mass is 478 g/mol. The first-order chi connectivity index (χ1) is 16.5. The van der Waals surface area contributed by atoms with E-state index >= 15 is 0 Å². The number of carbonyl (C=O) groups is 3. The molecule has 0 radical (unpaired) electrons. The first-order valence-corrected chi connectivity index (χ1v) is 11.7. The Morgan fingerprint density at radius 3 is 2.38 bits per heavy atom. The van der Waals surface area contributed by atoms with Crippen molar-refractivity contribution < 1.29 is 23.9 Å². The highest BCUT2D eigenvalue weighted by Gasteiger charge is 2.14. The minimum atomic E-state index is -0.395. The van der Waals surface area contributed by atoms with Gasteiger partial charge >= 0.3 is 5.97 Å². The summed E-state index contributed by atoms with van der Waals surface area (Å²) in [5.74, 6) is -0.112. The van der Waals surface area contributed by atoms with Crippen LogP contribution >= 0.6 is 11.8 Å². The number of amides is 2. The Balaban J connectivity index is 1.60. The first-order valence-electron chi connectivity index (χ1n) is 10.7. The van der Waals surface area contributed by atoms with Crippen LogP contribution in [0.1, 0.15) is 34.1 Å². The molecule has 0 saturated carbocycles. The third-order valence-electron chi connectivity index (χ3n) is 4.66. The number of thioether (sulfide) groups is 1. The summed E-state index contributed by atoms with van der Waals surface area (Å²) >= 11 is 1.27. The number of hydrogen-bond acceptors (Lipinski definition) is 6. The number of rotatable bonds is 10. The molecule has 7 nitrogen and oxygen atoms in total. The Hall–Kier alpha value is -3.78. The zero-order valence-corrected chi connectivity index (χ0v) is 19.8. The molecular formula is C26H26N2O5S. The molecule has 0 atom stereocenters. The van der Waals surface area contributed by atoms with Gasteiger partial charge in [0.2, 0.25) is 5.91 Å². The van der Waals surface area contributed by atoms with Gasteiger partial charge in [-0.1, -0.05) is 25.1 Å². The largest absolute Gasteiger partial charge is 0.497 e. The molecule has 0 aromatic heterocycles. The maximum atomic E-state index is 12.9. The predicted molar refractivity (Wildman–Crippen MR) is 134 cm³/mol. The van der Waals surface area contributed by atoms with E-state index in [0.29, 0.717) is 39.8 Å². The zero-order valence-electron chi connectivity index (χ0n) is 19.0. The zero-order chi connectivity index (χ0) is 24.3. The van der Waals surface area contributed by atoms with Gasteiger partial charge in [0.05, 0.1) is 30.6 Å². The molecule has 3 rings (SSSR count). The second kappa shape index (κ2) is 12.5. The molecule has 0 heterocycles. The lowest BCUT2D eigenvalue weighted by molar-refractivity contribution is -0.113. The van der Waals surface area contributed by atoms with Crippen molar-refractivity contribution in [2.45, 2.75) is 18.2 Å². The second-order valence-electron chi connectivity index (χ2n) is 7.23. The van der Waals surface area contributed by atoms with Gasteiger partial charge in [-0.2, -0.15) is 0 Å². The van der Waals surface area contributed by atoms with Gasteiger partial charge in [-0.3, -0.25) is 9.59 Å². The Kier molecular flexibility index (Phi) is 9.11. The molecule has 3 aromatic rings. The van der Waals surface area contributed by atoms with Crippen LogP contribution in [0.15, 0.2) is 77.7 Å². The third-order valence-corrected chi connectivity index (χ3v) is 5.73. The number of esters is 1. The summed E-state index contributed by atoms with van der Waals surface area (Å²) < 4.78 is 10.3. The van der Waals surface area contributed by atoms with Crippen molar-refractivity contribution in [2.24, 2.45) is 0 Å². The summed E-state index contributed by atoms with van der Waals surface area (Å²) in [6, 6.07) is 20.7. The third kappa shape index (κ3) is 7.11. The summed E-state index contributed by atoms with van der Waals surface area (Å²) in [6.07, 6.45) is 0.750. The van der Waals surface area contributed by atoms with Gasteiger partial charge in [0.25, 0.3) is 5.91 Å². The fourth-order valence-corrected chi connectivity index (χ4v) is 3.84. The normalized spacial score (nSPS) is 10.3. The summed E-state index contributed by atoms with van der Waals surface area (Å²) in [6.45, 7) is 2.29. The van der Waals surface area contributed by atoms with Crippen molar-refractivity contribution >= 4 is 40.9 Å². The second-order valence-corrected chi connectivity index (χ2v) is 8.25. The first kappa shape index (κ1) is 24.9. The van der Waals surface area contributed by atoms with E-state index in [2.05, 4.69) is 10.6 Å². The molecule has 0 bridgehead atoms. The summed E-state index contributed by atoms with van der Waals surface area (Å²) in [5, 5.41) is 5.65. The van der Waals surface area contributed by atoms with E-state index in [1.54, 1.807) is 73.8 Å². The molecule has 0 aliphatic carbocycles. The lowest BCUT2D eigenvalue weighted by Crippen LogP contribution is -2.16. The number of methoxy groups -OCH3 is 1. The number of anilines is 2. The molecule has 0 fully saturated rings. The Labute approximate surface area is 202 Å². The van der Waals surface area contributed by atoms with E-state index in [0.717, 1.165) is 6.42 Å². The van der Waals surface area contributed by atoms with Crippen LogP contribution in [0.2, 0.25) is 0 Å². The van der Waals surface area contributed by atoms with E-state index in [4.69, 9.17) is 9.47 Å². The SMILES string of the molecule is CCCOC(=O)c1ccc(NC(=O)c2ccccc2SCC(=O)Nc2cccc(OC)c2)cc1. The Morgan fingerprint density at radius 2 is 1.65 bits per heavy atom. The van der Waals surface area contributed by atoms with Gasteiger partial charge in [-0.15, -0.1) is 11.8 Å². The van der Waals surface area contributed by atoms with Gasteiger partial charge in [0.15, 0.2) is 0 Å². The quantitative estimate of drug-likeness (QED) is 0.306. The van der Waals surface area contributed by atoms with Crippen LogP contribution < -0.4 is 15.4 Å². The number of nitrogens with one attached hydrogen (secondary N) is 2. The van der Waals surface area contributed by atoms with Gasteiger partial charge in [0, 0.05) is 22.3 Å². The lowest BCUT2D eigenvalue weighted by Gasteiger charge is -2.11. The summed E-state index contributed by atoms with van der Waals surface area (Å²) in [4.78, 5) is 37.9. The molecule has 0 unspecified atom stereocenters. The predicted octanol–water partition coefficient (Wildman–Crippen LogP) is 5.25. The average Bonchev–Trinajstić information content (AvgIpc) is 2.86. The lowest BCUT2D eigenvalue weighted by atomic mass is 10.2. The van der Waals surface area contributed by atoms with Crippen molar-refractivity contribution in [2.75, 3.05) is 30.1 Å². The molecular weight excluding hydrogens is 452 g/mol. The van der Waals surface area contributed by atoms with Crippen LogP contribution in [0.3, 0.4) is 0 Å². The Morgan fingerprint density at radius 1 is 0.882 bits per heavy atom. The van der Waals surface area contributed by atoms with Crippen molar-refractivity contribution in [1.29, 1.82) is 0 Å². The maximum Gasteiger partial charge on any atom is 0.338 e. The summed E-state index contributed by atoms with van der Waals surface area (Å²) in [5.41, 5.74) is 2.06. The molecule has 0 aliphatic heterocycles. The van der Waals surface area contributed by atoms with Crippen LogP contribution in [0.5, 0.6) is 5.75 Å². The molecule has 0 aliphatic rings. The van der Waals surface area contributed by atoms with E-state index < -0.39 is 5.97 Å². The van der Waals surface area contributed by atoms with Crippen molar-refractivity contribution in [1.82, 2.24) is 0 Å². The molecule has 176 valence electrons. The van der Waals surface area contributed by atoms with Crippen LogP contribution in [0.25, 0.3) is 0 Å². The van der Waals surface area contributed by atoms with E-state index in [1.165, 1.54) is 11.8 Å². The molecule has 0 spiro atoms. The molecule has 2 N–H and O–H groups in total. The maximum absolute atomic E-state index is 12.9. The van der Waals surface area contributed by atoms with Gasteiger partial charge < -0.3 is 20.1 Å². The van der Waals surface area contributed by atoms with Crippen LogP contribution in [0, 0.1) is 0 Å². The van der Waals surface area contributed by atoms with Gasteiger partial charge in [-0.05, 0) is 55.0 Å². The van der Waals surface area contributed by atoms with E-state index in [1.807, 2.05) is 13.0 Å². The van der Waals surface area contributed by atoms with Gasteiger partial charge in [-0.25, -0.2) is 4.79 Å². The van der Waals surface area contributed by atoms with E-state index in [-0.39, 0.29) is 17.6 Å². The van der Waals surface area contributed by atoms with Crippen molar-refractivity contribution in [3.8, 4) is 5.75 Å². The topological polar surface area (TPSA) is 93.7 Å². The van der Waals surface area contributed by atoms with Crippen molar-refractivity contribution in [3.05, 3.63) is 83.9 Å². The van der Waals surface area contributed by atoms with Gasteiger partial charge in [0.1, 0.15) is 5.75 Å². The highest BCUT2D eigenvalue weighted by molar-refractivity contribution is 8.00. The van der Waals surface area contributed by atoms with E-state index in [9.17, 15) is 14.4 Å². The van der Waals surface area contributed by atoms with Crippen LogP contribution in [-0.2, 0) is 9.53 Å². The minimum Gasteiger partial charge on any atom is -0.497 e. The number of benzene rings is 3.